The number of nitrogens with zero attached hydrogens (tertiary/aromatic N) is 2. The minimum atomic E-state index is -1.21. The Labute approximate surface area is 180 Å². The van der Waals surface area contributed by atoms with E-state index in [1.165, 1.54) is 6.07 Å². The molecule has 2 atom stereocenters. The monoisotopic (exact) mass is 430 g/mol. The van der Waals surface area contributed by atoms with Crippen LogP contribution in [0.1, 0.15) is 37.0 Å². The van der Waals surface area contributed by atoms with Crippen molar-refractivity contribution in [1.82, 2.24) is 9.80 Å². The number of aliphatic hydroxyl groups is 1. The number of rotatable bonds is 3. The van der Waals surface area contributed by atoms with E-state index < -0.39 is 11.4 Å². The van der Waals surface area contributed by atoms with Crippen LogP contribution in [0.4, 0.5) is 4.39 Å². The Balaban J connectivity index is 1.48. The van der Waals surface area contributed by atoms with Crippen LogP contribution in [0.15, 0.2) is 42.5 Å². The van der Waals surface area contributed by atoms with Gasteiger partial charge < -0.3 is 14.9 Å². The Kier molecular flexibility index (Phi) is 5.32. The molecular formula is C23H24ClFN2O3. The summed E-state index contributed by atoms with van der Waals surface area (Å²) in [5, 5.41) is 10.5. The Bertz CT molecular complexity index is 978. The van der Waals surface area contributed by atoms with E-state index in [4.69, 9.17) is 11.6 Å². The second-order valence-electron chi connectivity index (χ2n) is 8.35. The molecule has 0 spiro atoms. The molecule has 2 fully saturated rings. The van der Waals surface area contributed by atoms with Crippen molar-refractivity contribution in [3.8, 4) is 11.1 Å². The molecule has 0 radical (unpaired) electrons. The van der Waals surface area contributed by atoms with Crippen LogP contribution >= 0.6 is 11.6 Å². The summed E-state index contributed by atoms with van der Waals surface area (Å²) in [6.45, 7) is 4.59. The lowest BCUT2D eigenvalue weighted by Gasteiger charge is -2.45. The van der Waals surface area contributed by atoms with Gasteiger partial charge in [0.1, 0.15) is 11.4 Å². The lowest BCUT2D eigenvalue weighted by molar-refractivity contribution is -0.150. The fourth-order valence-electron chi connectivity index (χ4n) is 4.16. The van der Waals surface area contributed by atoms with E-state index in [1.807, 2.05) is 13.8 Å². The van der Waals surface area contributed by atoms with Crippen molar-refractivity contribution in [3.05, 3.63) is 58.9 Å². The van der Waals surface area contributed by atoms with Crippen LogP contribution in [0.3, 0.4) is 0 Å². The van der Waals surface area contributed by atoms with Crippen molar-refractivity contribution < 1.29 is 19.1 Å². The van der Waals surface area contributed by atoms with Crippen molar-refractivity contribution in [2.24, 2.45) is 0 Å². The van der Waals surface area contributed by atoms with Crippen LogP contribution in [-0.4, -0.2) is 57.5 Å². The summed E-state index contributed by atoms with van der Waals surface area (Å²) < 4.78 is 14.2. The number of carbonyl (C=O) groups excluding carboxylic acids is 2. The molecule has 1 aliphatic carbocycles. The topological polar surface area (TPSA) is 60.9 Å². The lowest BCUT2D eigenvalue weighted by atomic mass is 10.0. The van der Waals surface area contributed by atoms with Crippen LogP contribution in [-0.2, 0) is 4.79 Å². The summed E-state index contributed by atoms with van der Waals surface area (Å²) in [4.78, 5) is 29.1. The number of benzene rings is 2. The molecule has 30 heavy (non-hydrogen) atoms. The van der Waals surface area contributed by atoms with Gasteiger partial charge in [0, 0.05) is 41.3 Å². The average molecular weight is 431 g/mol. The van der Waals surface area contributed by atoms with Crippen molar-refractivity contribution in [1.29, 1.82) is 0 Å². The third-order valence-electron chi connectivity index (χ3n) is 5.94. The standard InChI is InChI=1S/C23H24ClFN2O3/c1-14-12-26(13-15(2)27(14)22(29)23(30)9-10-23)21(28)17-5-3-16(4-6-17)19-8-7-18(24)11-20(19)25/h3-8,11,14-15,30H,9-10,12-13H2,1-2H3. The van der Waals surface area contributed by atoms with Gasteiger partial charge in [-0.25, -0.2) is 4.39 Å². The van der Waals surface area contributed by atoms with Crippen molar-refractivity contribution in [2.45, 2.75) is 44.4 Å². The van der Waals surface area contributed by atoms with Crippen LogP contribution in [0.25, 0.3) is 11.1 Å². The van der Waals surface area contributed by atoms with Gasteiger partial charge >= 0.3 is 0 Å². The zero-order chi connectivity index (χ0) is 21.6. The first-order valence-electron chi connectivity index (χ1n) is 10.1. The molecule has 2 aromatic carbocycles. The number of halogens is 2. The highest BCUT2D eigenvalue weighted by Gasteiger charge is 2.52. The molecule has 2 amide bonds. The first-order valence-corrected chi connectivity index (χ1v) is 10.5. The minimum absolute atomic E-state index is 0.130. The summed E-state index contributed by atoms with van der Waals surface area (Å²) in [5.74, 6) is -0.777. The van der Waals surface area contributed by atoms with Gasteiger partial charge in [0.25, 0.3) is 11.8 Å². The van der Waals surface area contributed by atoms with E-state index in [0.717, 1.165) is 0 Å². The number of amides is 2. The van der Waals surface area contributed by atoms with Crippen LogP contribution in [0, 0.1) is 5.82 Å². The van der Waals surface area contributed by atoms with Gasteiger partial charge in [0.05, 0.1) is 0 Å². The first kappa shape index (κ1) is 20.8. The Morgan fingerprint density at radius 1 is 1.07 bits per heavy atom. The van der Waals surface area contributed by atoms with Gasteiger partial charge in [0.2, 0.25) is 0 Å². The van der Waals surface area contributed by atoms with E-state index in [-0.39, 0.29) is 23.9 Å². The Morgan fingerprint density at radius 3 is 2.20 bits per heavy atom. The lowest BCUT2D eigenvalue weighted by Crippen LogP contribution is -2.62. The molecule has 158 valence electrons. The van der Waals surface area contributed by atoms with Gasteiger partial charge in [-0.15, -0.1) is 0 Å². The number of piperazine rings is 1. The molecule has 2 aromatic rings. The fraction of sp³-hybridized carbons (Fsp3) is 0.391. The molecule has 0 bridgehead atoms. The predicted molar refractivity (Wildman–Crippen MR) is 113 cm³/mol. The molecule has 4 rings (SSSR count). The zero-order valence-electron chi connectivity index (χ0n) is 16.9. The first-order chi connectivity index (χ1) is 14.2. The molecule has 1 aliphatic heterocycles. The number of hydrogen-bond donors (Lipinski definition) is 1. The van der Waals surface area contributed by atoms with Gasteiger partial charge in [-0.05, 0) is 62.6 Å². The van der Waals surface area contributed by atoms with Crippen LogP contribution in [0.5, 0.6) is 0 Å². The van der Waals surface area contributed by atoms with E-state index in [2.05, 4.69) is 0 Å². The summed E-state index contributed by atoms with van der Waals surface area (Å²) in [7, 11) is 0. The highest BCUT2D eigenvalue weighted by molar-refractivity contribution is 6.30. The highest BCUT2D eigenvalue weighted by atomic mass is 35.5. The maximum absolute atomic E-state index is 14.2. The van der Waals surface area contributed by atoms with Gasteiger partial charge in [-0.2, -0.15) is 0 Å². The Hall–Kier alpha value is -2.44. The maximum Gasteiger partial charge on any atom is 0.255 e. The van der Waals surface area contributed by atoms with Crippen molar-refractivity contribution >= 4 is 23.4 Å². The summed E-state index contributed by atoms with van der Waals surface area (Å²) in [6.07, 6.45) is 1.01. The molecule has 2 unspecified atom stereocenters. The Morgan fingerprint density at radius 2 is 1.67 bits per heavy atom. The highest BCUT2D eigenvalue weighted by Crippen LogP contribution is 2.38. The van der Waals surface area contributed by atoms with E-state index >= 15 is 0 Å². The molecule has 5 nitrogen and oxygen atoms in total. The van der Waals surface area contributed by atoms with Crippen LogP contribution < -0.4 is 0 Å². The fourth-order valence-corrected chi connectivity index (χ4v) is 4.32. The second-order valence-corrected chi connectivity index (χ2v) is 8.79. The third kappa shape index (κ3) is 3.82. The molecule has 1 saturated carbocycles. The molecule has 2 aliphatic rings. The number of hydrogen-bond acceptors (Lipinski definition) is 3. The summed E-state index contributed by atoms with van der Waals surface area (Å²) in [6, 6.07) is 10.9. The number of carbonyl (C=O) groups is 2. The average Bonchev–Trinajstić information content (AvgIpc) is 3.46. The van der Waals surface area contributed by atoms with Crippen molar-refractivity contribution in [3.63, 3.8) is 0 Å². The largest absolute Gasteiger partial charge is 0.380 e. The molecule has 7 heteroatoms. The van der Waals surface area contributed by atoms with Gasteiger partial charge in [-0.1, -0.05) is 23.7 Å². The molecule has 1 heterocycles. The quantitative estimate of drug-likeness (QED) is 0.807. The predicted octanol–water partition coefficient (Wildman–Crippen LogP) is 3.73. The summed E-state index contributed by atoms with van der Waals surface area (Å²) in [5.41, 5.74) is 0.385. The second kappa shape index (κ2) is 7.67. The third-order valence-corrected chi connectivity index (χ3v) is 6.17. The maximum atomic E-state index is 14.2. The molecule has 0 aromatic heterocycles. The zero-order valence-corrected chi connectivity index (χ0v) is 17.7. The minimum Gasteiger partial charge on any atom is -0.380 e. The smallest absolute Gasteiger partial charge is 0.255 e. The SMILES string of the molecule is CC1CN(C(=O)c2ccc(-c3ccc(Cl)cc3F)cc2)CC(C)N1C(=O)C1(O)CC1. The normalized spacial score (nSPS) is 22.7. The van der Waals surface area contributed by atoms with E-state index in [9.17, 15) is 19.1 Å². The molecular weight excluding hydrogens is 407 g/mol. The van der Waals surface area contributed by atoms with Crippen LogP contribution in [0.2, 0.25) is 5.02 Å². The summed E-state index contributed by atoms with van der Waals surface area (Å²) >= 11 is 5.81. The van der Waals surface area contributed by atoms with Crippen molar-refractivity contribution in [2.75, 3.05) is 13.1 Å². The van der Waals surface area contributed by atoms with Gasteiger partial charge in [-0.3, -0.25) is 9.59 Å². The van der Waals surface area contributed by atoms with E-state index in [0.29, 0.717) is 47.6 Å². The van der Waals surface area contributed by atoms with Gasteiger partial charge in [0.15, 0.2) is 0 Å². The molecule has 1 N–H and O–H groups in total. The van der Waals surface area contributed by atoms with E-state index in [1.54, 1.807) is 46.2 Å². The molecule has 1 saturated heterocycles.